The molecule has 2 rings (SSSR count). The van der Waals surface area contributed by atoms with Crippen molar-refractivity contribution in [1.82, 2.24) is 4.57 Å². The Kier molecular flexibility index (Phi) is 5.43. The van der Waals surface area contributed by atoms with E-state index in [-0.39, 0.29) is 24.0 Å². The van der Waals surface area contributed by atoms with Gasteiger partial charge in [-0.25, -0.2) is 9.13 Å². The smallest absolute Gasteiger partial charge is 0.243 e. The summed E-state index contributed by atoms with van der Waals surface area (Å²) in [5, 5.41) is 0. The summed E-state index contributed by atoms with van der Waals surface area (Å²) in [6, 6.07) is 0. The first-order valence-corrected chi connectivity index (χ1v) is 5.99. The van der Waals surface area contributed by atoms with Gasteiger partial charge in [-0.3, -0.25) is 0 Å². The number of hydrogen-bond donors (Lipinski definition) is 0. The van der Waals surface area contributed by atoms with Gasteiger partial charge in [0.1, 0.15) is 12.4 Å². The van der Waals surface area contributed by atoms with Gasteiger partial charge in [0.25, 0.3) is 0 Å². The molecule has 1 aliphatic carbocycles. The van der Waals surface area contributed by atoms with E-state index in [1.54, 1.807) is 0 Å². The largest absolute Gasteiger partial charge is 1.00 e. The van der Waals surface area contributed by atoms with E-state index >= 15 is 0 Å². The maximum absolute atomic E-state index is 3.96. The highest BCUT2D eigenvalue weighted by Gasteiger charge is 2.32. The lowest BCUT2D eigenvalue weighted by molar-refractivity contribution is -0.671. The van der Waals surface area contributed by atoms with Crippen LogP contribution in [0.5, 0.6) is 0 Å². The SMILES string of the molecule is C=CC1CC(C=C)C(Cn2cc[n+](C)c2)C1.[I-]. The van der Waals surface area contributed by atoms with Crippen LogP contribution in [0.3, 0.4) is 0 Å². The lowest BCUT2D eigenvalue weighted by atomic mass is 9.96. The van der Waals surface area contributed by atoms with Crippen LogP contribution >= 0.6 is 0 Å². The van der Waals surface area contributed by atoms with E-state index in [1.165, 1.54) is 12.8 Å². The summed E-state index contributed by atoms with van der Waals surface area (Å²) in [5.41, 5.74) is 0. The Balaban J connectivity index is 0.00000144. The third-order valence-electron chi connectivity index (χ3n) is 3.69. The number of hydrogen-bond acceptors (Lipinski definition) is 0. The normalized spacial score (nSPS) is 27.5. The van der Waals surface area contributed by atoms with E-state index in [1.807, 2.05) is 0 Å². The topological polar surface area (TPSA) is 8.81 Å². The average Bonchev–Trinajstić information content (AvgIpc) is 2.85. The van der Waals surface area contributed by atoms with Gasteiger partial charge in [0, 0.05) is 5.92 Å². The lowest BCUT2D eigenvalue weighted by Gasteiger charge is -2.12. The van der Waals surface area contributed by atoms with Crippen molar-refractivity contribution < 1.29 is 28.5 Å². The van der Waals surface area contributed by atoms with E-state index in [0.717, 1.165) is 6.54 Å². The van der Waals surface area contributed by atoms with Crippen LogP contribution in [0, 0.1) is 17.8 Å². The molecular formula is C14H21IN2. The first-order chi connectivity index (χ1) is 7.72. The Morgan fingerprint density at radius 3 is 2.65 bits per heavy atom. The zero-order chi connectivity index (χ0) is 11.5. The Morgan fingerprint density at radius 2 is 2.12 bits per heavy atom. The molecule has 0 aromatic carbocycles. The van der Waals surface area contributed by atoms with E-state index in [0.29, 0.717) is 17.8 Å². The highest BCUT2D eigenvalue weighted by atomic mass is 127. The minimum Gasteiger partial charge on any atom is -1.00 e. The van der Waals surface area contributed by atoms with Crippen molar-refractivity contribution in [2.24, 2.45) is 24.8 Å². The number of nitrogens with zero attached hydrogens (tertiary/aromatic N) is 2. The summed E-state index contributed by atoms with van der Waals surface area (Å²) in [5.74, 6) is 2.04. The number of aromatic nitrogens is 2. The Hall–Kier alpha value is -0.580. The van der Waals surface area contributed by atoms with Crippen LogP contribution in [0.1, 0.15) is 12.8 Å². The van der Waals surface area contributed by atoms with E-state index in [4.69, 9.17) is 0 Å². The number of halogens is 1. The minimum atomic E-state index is 0. The molecule has 0 aliphatic heterocycles. The molecule has 1 fully saturated rings. The Bertz CT molecular complexity index is 383. The molecule has 3 heteroatoms. The molecule has 1 aliphatic rings. The molecule has 0 saturated heterocycles. The molecule has 1 saturated carbocycles. The Morgan fingerprint density at radius 1 is 1.35 bits per heavy atom. The summed E-state index contributed by atoms with van der Waals surface area (Å²) >= 11 is 0. The van der Waals surface area contributed by atoms with Crippen LogP contribution in [0.4, 0.5) is 0 Å². The van der Waals surface area contributed by atoms with Crippen LogP contribution in [0.25, 0.3) is 0 Å². The summed E-state index contributed by atoms with van der Waals surface area (Å²) in [4.78, 5) is 0. The zero-order valence-corrected chi connectivity index (χ0v) is 12.6. The highest BCUT2D eigenvalue weighted by molar-refractivity contribution is 4.98. The third kappa shape index (κ3) is 3.44. The standard InChI is InChI=1S/C14H21N2.HI/c1-4-12-8-13(5-2)14(9-12)10-16-7-6-15(3)11-16;/h4-7,11-14H,1-2,8-10H2,3H3;1H/q+1;/p-1. The van der Waals surface area contributed by atoms with Crippen molar-refractivity contribution in [3.63, 3.8) is 0 Å². The number of rotatable bonds is 4. The quantitative estimate of drug-likeness (QED) is 0.389. The average molecular weight is 344 g/mol. The third-order valence-corrected chi connectivity index (χ3v) is 3.69. The van der Waals surface area contributed by atoms with Gasteiger partial charge in [0.15, 0.2) is 0 Å². The van der Waals surface area contributed by atoms with Gasteiger partial charge in [-0.15, -0.1) is 13.2 Å². The maximum Gasteiger partial charge on any atom is 0.243 e. The fourth-order valence-corrected chi connectivity index (χ4v) is 2.77. The number of allylic oxidation sites excluding steroid dienone is 2. The van der Waals surface area contributed by atoms with Crippen molar-refractivity contribution in [3.05, 3.63) is 44.0 Å². The summed E-state index contributed by atoms with van der Waals surface area (Å²) < 4.78 is 4.36. The van der Waals surface area contributed by atoms with Crippen LogP contribution in [-0.2, 0) is 13.6 Å². The van der Waals surface area contributed by atoms with Gasteiger partial charge < -0.3 is 24.0 Å². The van der Waals surface area contributed by atoms with Crippen LogP contribution in [0.2, 0.25) is 0 Å². The van der Waals surface area contributed by atoms with Gasteiger partial charge in [-0.2, -0.15) is 0 Å². The minimum absolute atomic E-state index is 0. The summed E-state index contributed by atoms with van der Waals surface area (Å²) in [6.45, 7) is 8.97. The molecule has 0 amide bonds. The second-order valence-corrected chi connectivity index (χ2v) is 4.90. The molecular weight excluding hydrogens is 323 g/mol. The fourth-order valence-electron chi connectivity index (χ4n) is 2.77. The molecule has 17 heavy (non-hydrogen) atoms. The van der Waals surface area contributed by atoms with Crippen molar-refractivity contribution in [2.75, 3.05) is 0 Å². The number of aryl methyl sites for hydroxylation is 1. The van der Waals surface area contributed by atoms with E-state index < -0.39 is 0 Å². The molecule has 1 aromatic rings. The molecule has 1 aromatic heterocycles. The second-order valence-electron chi connectivity index (χ2n) is 4.90. The first kappa shape index (κ1) is 14.5. The van der Waals surface area contributed by atoms with Crippen LogP contribution in [-0.4, -0.2) is 4.57 Å². The molecule has 3 atom stereocenters. The molecule has 0 spiro atoms. The Labute approximate surface area is 121 Å². The molecule has 3 unspecified atom stereocenters. The van der Waals surface area contributed by atoms with Gasteiger partial charge in [-0.1, -0.05) is 12.2 Å². The van der Waals surface area contributed by atoms with Crippen LogP contribution < -0.4 is 28.5 Å². The van der Waals surface area contributed by atoms with Crippen molar-refractivity contribution in [2.45, 2.75) is 19.4 Å². The molecule has 0 radical (unpaired) electrons. The van der Waals surface area contributed by atoms with Gasteiger partial charge >= 0.3 is 0 Å². The summed E-state index contributed by atoms with van der Waals surface area (Å²) in [6.07, 6.45) is 13.1. The fraction of sp³-hybridized carbons (Fsp3) is 0.500. The van der Waals surface area contributed by atoms with Gasteiger partial charge in [0.05, 0.1) is 13.6 Å². The zero-order valence-electron chi connectivity index (χ0n) is 10.4. The lowest BCUT2D eigenvalue weighted by Crippen LogP contribution is -3.00. The maximum atomic E-state index is 3.96. The van der Waals surface area contributed by atoms with Gasteiger partial charge in [-0.05, 0) is 24.7 Å². The van der Waals surface area contributed by atoms with Crippen molar-refractivity contribution >= 4 is 0 Å². The predicted molar refractivity (Wildman–Crippen MR) is 65.7 cm³/mol. The predicted octanol–water partition coefficient (Wildman–Crippen LogP) is -0.669. The first-order valence-electron chi connectivity index (χ1n) is 5.99. The number of imidazole rings is 1. The van der Waals surface area contributed by atoms with E-state index in [9.17, 15) is 0 Å². The monoisotopic (exact) mass is 344 g/mol. The molecule has 1 heterocycles. The molecule has 94 valence electrons. The molecule has 0 N–H and O–H groups in total. The van der Waals surface area contributed by atoms with Crippen molar-refractivity contribution in [3.8, 4) is 0 Å². The van der Waals surface area contributed by atoms with Crippen LogP contribution in [0.15, 0.2) is 44.0 Å². The highest BCUT2D eigenvalue weighted by Crippen LogP contribution is 2.38. The van der Waals surface area contributed by atoms with Gasteiger partial charge in [0.2, 0.25) is 6.33 Å². The summed E-state index contributed by atoms with van der Waals surface area (Å²) in [7, 11) is 2.06. The molecule has 0 bridgehead atoms. The van der Waals surface area contributed by atoms with E-state index in [2.05, 4.69) is 60.2 Å². The van der Waals surface area contributed by atoms with Crippen molar-refractivity contribution in [1.29, 1.82) is 0 Å². The second kappa shape index (κ2) is 6.38. The molecule has 2 nitrogen and oxygen atoms in total.